The quantitative estimate of drug-likeness (QED) is 0.528. The van der Waals surface area contributed by atoms with Gasteiger partial charge >= 0.3 is 5.97 Å². The Balaban J connectivity index is 1.63. The molecule has 1 amide bonds. The van der Waals surface area contributed by atoms with Crippen molar-refractivity contribution < 1.29 is 43.9 Å². The zero-order valence-electron chi connectivity index (χ0n) is 16.6. The Labute approximate surface area is 186 Å². The minimum atomic E-state index is -1.89. The van der Waals surface area contributed by atoms with Crippen LogP contribution in [0.3, 0.4) is 0 Å². The molecule has 1 unspecified atom stereocenters. The first kappa shape index (κ1) is 22.4. The van der Waals surface area contributed by atoms with Crippen molar-refractivity contribution in [2.75, 3.05) is 4.90 Å². The molecule has 0 aliphatic carbocycles. The van der Waals surface area contributed by atoms with Gasteiger partial charge in [-0.2, -0.15) is 0 Å². The van der Waals surface area contributed by atoms with Crippen LogP contribution in [0.25, 0.3) is 0 Å². The number of aryl methyl sites for hydroxylation is 1. The molecule has 2 aromatic carbocycles. The second-order valence-corrected chi connectivity index (χ2v) is 8.03. The molecule has 0 spiro atoms. The lowest BCUT2D eigenvalue weighted by molar-refractivity contribution is -0.271. The topological polar surface area (TPSA) is 137 Å². The Hall–Kier alpha value is -2.76. The predicted molar refractivity (Wildman–Crippen MR) is 108 cm³/mol. The zero-order chi connectivity index (χ0) is 23.3. The minimum absolute atomic E-state index is 0.0872. The standard InChI is InChI=1S/C21H19ClFNO8/c1-8-2-3-13-9(4-8)5-14(25)24(13)15-11(22)6-10(7-12(15)23)31-21-18(28)16(26)17(27)19(32-21)20(29)30/h2-4,6-7,16-19,21,26-28H,5H2,1H3,(H,29,30)/t16-,17-,18+,19-,21?/m0/s1. The Morgan fingerprint density at radius 3 is 2.56 bits per heavy atom. The third kappa shape index (κ3) is 3.80. The summed E-state index contributed by atoms with van der Waals surface area (Å²) in [5.41, 5.74) is 2.00. The fraction of sp³-hybridized carbons (Fsp3) is 0.333. The average molecular weight is 468 g/mol. The zero-order valence-corrected chi connectivity index (χ0v) is 17.4. The molecule has 2 aromatic rings. The van der Waals surface area contributed by atoms with E-state index in [2.05, 4.69) is 0 Å². The van der Waals surface area contributed by atoms with E-state index >= 15 is 4.39 Å². The van der Waals surface area contributed by atoms with Crippen molar-refractivity contribution in [1.29, 1.82) is 0 Å². The first-order valence-corrected chi connectivity index (χ1v) is 9.97. The largest absolute Gasteiger partial charge is 0.479 e. The highest BCUT2D eigenvalue weighted by Gasteiger charge is 2.48. The summed E-state index contributed by atoms with van der Waals surface area (Å²) in [6, 6.07) is 7.37. The number of carboxylic acids is 1. The molecule has 0 bridgehead atoms. The third-order valence-corrected chi connectivity index (χ3v) is 5.63. The van der Waals surface area contributed by atoms with E-state index in [9.17, 15) is 24.9 Å². The van der Waals surface area contributed by atoms with E-state index in [-0.39, 0.29) is 28.8 Å². The Morgan fingerprint density at radius 1 is 1.19 bits per heavy atom. The van der Waals surface area contributed by atoms with Crippen LogP contribution in [0.2, 0.25) is 5.02 Å². The van der Waals surface area contributed by atoms with Gasteiger partial charge < -0.3 is 29.9 Å². The predicted octanol–water partition coefficient (Wildman–Crippen LogP) is 1.28. The maximum absolute atomic E-state index is 15.1. The molecule has 2 aliphatic heterocycles. The summed E-state index contributed by atoms with van der Waals surface area (Å²) in [7, 11) is 0. The van der Waals surface area contributed by atoms with Gasteiger partial charge in [-0.25, -0.2) is 9.18 Å². The van der Waals surface area contributed by atoms with Crippen LogP contribution in [0.15, 0.2) is 30.3 Å². The monoisotopic (exact) mass is 467 g/mol. The van der Waals surface area contributed by atoms with Crippen LogP contribution in [-0.4, -0.2) is 63.0 Å². The maximum Gasteiger partial charge on any atom is 0.335 e. The maximum atomic E-state index is 15.1. The first-order chi connectivity index (χ1) is 15.1. The molecule has 0 radical (unpaired) electrons. The summed E-state index contributed by atoms with van der Waals surface area (Å²) >= 11 is 6.26. The summed E-state index contributed by atoms with van der Waals surface area (Å²) < 4.78 is 25.4. The molecule has 4 rings (SSSR count). The fourth-order valence-corrected chi connectivity index (χ4v) is 4.09. The molecular weight excluding hydrogens is 449 g/mol. The van der Waals surface area contributed by atoms with Gasteiger partial charge in [0.05, 0.1) is 17.1 Å². The lowest BCUT2D eigenvalue weighted by Gasteiger charge is -2.38. The van der Waals surface area contributed by atoms with Crippen molar-refractivity contribution in [3.05, 3.63) is 52.3 Å². The molecular formula is C21H19ClFNO8. The normalized spacial score (nSPS) is 27.4. The van der Waals surface area contributed by atoms with Crippen LogP contribution in [0.1, 0.15) is 11.1 Å². The summed E-state index contributed by atoms with van der Waals surface area (Å²) in [4.78, 5) is 25.0. The number of carbonyl (C=O) groups excluding carboxylic acids is 1. The molecule has 2 heterocycles. The lowest BCUT2D eigenvalue weighted by atomic mass is 9.99. The van der Waals surface area contributed by atoms with E-state index in [1.807, 2.05) is 13.0 Å². The molecule has 32 heavy (non-hydrogen) atoms. The first-order valence-electron chi connectivity index (χ1n) is 9.59. The number of hydrogen-bond acceptors (Lipinski definition) is 7. The number of aliphatic hydroxyl groups is 3. The molecule has 4 N–H and O–H groups in total. The van der Waals surface area contributed by atoms with Crippen LogP contribution < -0.4 is 9.64 Å². The second-order valence-electron chi connectivity index (χ2n) is 7.63. The molecule has 11 heteroatoms. The summed E-state index contributed by atoms with van der Waals surface area (Å²) in [5.74, 6) is -3.11. The Morgan fingerprint density at radius 2 is 1.91 bits per heavy atom. The lowest BCUT2D eigenvalue weighted by Crippen LogP contribution is -2.61. The van der Waals surface area contributed by atoms with E-state index in [1.165, 1.54) is 11.0 Å². The second kappa shape index (κ2) is 8.30. The van der Waals surface area contributed by atoms with Crippen molar-refractivity contribution in [2.45, 2.75) is 44.1 Å². The van der Waals surface area contributed by atoms with Gasteiger partial charge in [-0.05, 0) is 18.6 Å². The van der Waals surface area contributed by atoms with Crippen molar-refractivity contribution in [3.63, 3.8) is 0 Å². The van der Waals surface area contributed by atoms with Gasteiger partial charge in [0.25, 0.3) is 0 Å². The number of carbonyl (C=O) groups is 2. The van der Waals surface area contributed by atoms with Gasteiger partial charge in [-0.15, -0.1) is 0 Å². The van der Waals surface area contributed by atoms with E-state index in [1.54, 1.807) is 12.1 Å². The molecule has 5 atom stereocenters. The number of amides is 1. The number of halogens is 2. The number of benzene rings is 2. The van der Waals surface area contributed by atoms with Gasteiger partial charge in [0.15, 0.2) is 11.9 Å². The number of rotatable bonds is 4. The number of aliphatic hydroxyl groups excluding tert-OH is 3. The number of aliphatic carboxylic acids is 1. The van der Waals surface area contributed by atoms with Gasteiger partial charge in [0.1, 0.15) is 29.7 Å². The summed E-state index contributed by atoms with van der Waals surface area (Å²) in [5, 5.41) is 38.6. The Kier molecular flexibility index (Phi) is 5.82. The van der Waals surface area contributed by atoms with E-state index in [0.29, 0.717) is 5.69 Å². The summed E-state index contributed by atoms with van der Waals surface area (Å²) in [6.45, 7) is 1.87. The van der Waals surface area contributed by atoms with E-state index < -0.39 is 42.5 Å². The number of carboxylic acid groups (broad SMARTS) is 1. The summed E-state index contributed by atoms with van der Waals surface area (Å²) in [6.07, 6.45) is -9.11. The van der Waals surface area contributed by atoms with Gasteiger partial charge in [0.2, 0.25) is 12.2 Å². The van der Waals surface area contributed by atoms with Crippen LogP contribution in [0.4, 0.5) is 15.8 Å². The van der Waals surface area contributed by atoms with Gasteiger partial charge in [-0.3, -0.25) is 9.69 Å². The third-order valence-electron chi connectivity index (χ3n) is 5.35. The number of ether oxygens (including phenoxy) is 2. The number of fused-ring (bicyclic) bond motifs is 1. The highest BCUT2D eigenvalue weighted by molar-refractivity contribution is 6.34. The van der Waals surface area contributed by atoms with Gasteiger partial charge in [0, 0.05) is 12.1 Å². The highest BCUT2D eigenvalue weighted by Crippen LogP contribution is 2.42. The highest BCUT2D eigenvalue weighted by atomic mass is 35.5. The van der Waals surface area contributed by atoms with Crippen molar-refractivity contribution in [1.82, 2.24) is 0 Å². The van der Waals surface area contributed by atoms with E-state index in [0.717, 1.165) is 17.2 Å². The van der Waals surface area contributed by atoms with E-state index in [4.69, 9.17) is 26.2 Å². The molecule has 1 saturated heterocycles. The minimum Gasteiger partial charge on any atom is -0.479 e. The number of hydrogen-bond donors (Lipinski definition) is 4. The Bertz CT molecular complexity index is 1070. The molecule has 1 fully saturated rings. The average Bonchev–Trinajstić information content (AvgIpc) is 3.02. The van der Waals surface area contributed by atoms with Crippen molar-refractivity contribution in [3.8, 4) is 5.75 Å². The molecule has 9 nitrogen and oxygen atoms in total. The number of nitrogens with zero attached hydrogens (tertiary/aromatic N) is 1. The fourth-order valence-electron chi connectivity index (χ4n) is 3.80. The smallest absolute Gasteiger partial charge is 0.335 e. The van der Waals surface area contributed by atoms with Crippen LogP contribution in [0, 0.1) is 12.7 Å². The van der Waals surface area contributed by atoms with Crippen LogP contribution >= 0.6 is 11.6 Å². The van der Waals surface area contributed by atoms with Gasteiger partial charge in [-0.1, -0.05) is 29.3 Å². The number of anilines is 2. The molecule has 0 saturated carbocycles. The molecule has 170 valence electrons. The van der Waals surface area contributed by atoms with Crippen LogP contribution in [-0.2, 0) is 20.7 Å². The SMILES string of the molecule is Cc1ccc2c(c1)CC(=O)N2c1c(F)cc(OC2O[C@H](C(=O)O)[C@@H](O)[C@H](O)[C@H]2O)cc1Cl. The molecule has 0 aromatic heterocycles. The van der Waals surface area contributed by atoms with Crippen molar-refractivity contribution >= 4 is 34.9 Å². The van der Waals surface area contributed by atoms with Crippen LogP contribution in [0.5, 0.6) is 5.75 Å². The van der Waals surface area contributed by atoms with Crippen molar-refractivity contribution in [2.24, 2.45) is 0 Å². The molecule has 2 aliphatic rings.